The third-order valence-corrected chi connectivity index (χ3v) is 4.57. The fraction of sp³-hybridized carbons (Fsp3) is 0.529. The van der Waals surface area contributed by atoms with Crippen LogP contribution in [-0.4, -0.2) is 73.5 Å². The minimum Gasteiger partial charge on any atom is -0.493 e. The lowest BCUT2D eigenvalue weighted by Gasteiger charge is -2.35. The number of ether oxygens (including phenoxy) is 2. The molecule has 3 rings (SSSR count). The first-order valence-corrected chi connectivity index (χ1v) is 8.67. The summed E-state index contributed by atoms with van der Waals surface area (Å²) in [5.74, 6) is 2.81. The Labute approximate surface area is 156 Å². The number of benzene rings is 1. The van der Waals surface area contributed by atoms with E-state index in [1.807, 2.05) is 19.1 Å². The van der Waals surface area contributed by atoms with Gasteiger partial charge in [-0.3, -0.25) is 4.90 Å². The summed E-state index contributed by atoms with van der Waals surface area (Å²) < 4.78 is 10.8. The summed E-state index contributed by atoms with van der Waals surface area (Å²) in [6, 6.07) is 3.76. The van der Waals surface area contributed by atoms with E-state index in [2.05, 4.69) is 24.6 Å². The lowest BCUT2D eigenvalue weighted by molar-refractivity contribution is -0.757. The molecule has 1 aliphatic heterocycles. The highest BCUT2D eigenvalue weighted by atomic mass is 16.9. The number of aromatic nitrogens is 2. The van der Waals surface area contributed by atoms with Crippen LogP contribution in [0.15, 0.2) is 12.1 Å². The molecule has 1 saturated heterocycles. The van der Waals surface area contributed by atoms with E-state index in [9.17, 15) is 10.1 Å². The zero-order valence-electron chi connectivity index (χ0n) is 15.7. The number of hydrogen-bond acceptors (Lipinski definition) is 9. The number of anilines is 1. The third-order valence-electron chi connectivity index (χ3n) is 4.57. The maximum Gasteiger partial charge on any atom is 0.294 e. The molecule has 1 aromatic carbocycles. The molecule has 2 heterocycles. The molecule has 0 amide bonds. The zero-order chi connectivity index (χ0) is 19.4. The van der Waals surface area contributed by atoms with Crippen molar-refractivity contribution in [3.63, 3.8) is 0 Å². The summed E-state index contributed by atoms with van der Waals surface area (Å²) in [7, 11) is 3.20. The minimum atomic E-state index is -0.756. The average molecular weight is 377 g/mol. The summed E-state index contributed by atoms with van der Waals surface area (Å²) in [5.41, 5.74) is 0.803. The van der Waals surface area contributed by atoms with Crippen LogP contribution >= 0.6 is 0 Å². The molecule has 0 saturated carbocycles. The van der Waals surface area contributed by atoms with Crippen LogP contribution in [0.4, 0.5) is 5.82 Å². The van der Waals surface area contributed by atoms with Gasteiger partial charge in [-0.15, -0.1) is 10.1 Å². The Morgan fingerprint density at radius 3 is 2.41 bits per heavy atom. The molecule has 0 spiro atoms. The highest BCUT2D eigenvalue weighted by molar-refractivity contribution is 5.92. The van der Waals surface area contributed by atoms with E-state index >= 15 is 0 Å². The lowest BCUT2D eigenvalue weighted by atomic mass is 10.1. The number of rotatable bonds is 7. The molecular weight excluding hydrogens is 354 g/mol. The Bertz CT molecular complexity index is 823. The zero-order valence-corrected chi connectivity index (χ0v) is 15.7. The summed E-state index contributed by atoms with van der Waals surface area (Å²) in [6.45, 7) is 5.56. The quantitative estimate of drug-likeness (QED) is 0.521. The van der Waals surface area contributed by atoms with Gasteiger partial charge in [-0.1, -0.05) is 0 Å². The van der Waals surface area contributed by atoms with Crippen LogP contribution in [0.5, 0.6) is 11.5 Å². The van der Waals surface area contributed by atoms with E-state index < -0.39 is 5.09 Å². The van der Waals surface area contributed by atoms with Crippen molar-refractivity contribution >= 4 is 16.7 Å². The van der Waals surface area contributed by atoms with Crippen LogP contribution in [0.1, 0.15) is 5.82 Å². The Morgan fingerprint density at radius 1 is 1.11 bits per heavy atom. The Morgan fingerprint density at radius 2 is 1.78 bits per heavy atom. The van der Waals surface area contributed by atoms with Crippen molar-refractivity contribution in [1.82, 2.24) is 14.9 Å². The van der Waals surface area contributed by atoms with Crippen molar-refractivity contribution in [2.45, 2.75) is 6.92 Å². The van der Waals surface area contributed by atoms with E-state index in [1.165, 1.54) is 0 Å². The lowest BCUT2D eigenvalue weighted by Crippen LogP contribution is -2.47. The summed E-state index contributed by atoms with van der Waals surface area (Å²) in [5, 5.41) is 10.4. The van der Waals surface area contributed by atoms with Crippen LogP contribution in [0.25, 0.3) is 10.9 Å². The van der Waals surface area contributed by atoms with E-state index in [0.29, 0.717) is 23.9 Å². The standard InChI is InChI=1S/C17H23N5O5/c1-12-18-14-11-16(26-3)15(25-2)10-13(14)17(19-12)21-6-4-20(5-7-21)8-9-27-22(23)24/h10-11H,4-9H2,1-3H3. The monoisotopic (exact) mass is 377 g/mol. The molecule has 2 aromatic rings. The number of hydrogen-bond donors (Lipinski definition) is 0. The van der Waals surface area contributed by atoms with Crippen LogP contribution in [0.3, 0.4) is 0 Å². The van der Waals surface area contributed by atoms with Crippen LogP contribution in [0, 0.1) is 17.0 Å². The maximum absolute atomic E-state index is 10.3. The van der Waals surface area contributed by atoms with Crippen molar-refractivity contribution in [1.29, 1.82) is 0 Å². The van der Waals surface area contributed by atoms with Gasteiger partial charge in [-0.25, -0.2) is 9.97 Å². The molecule has 1 aromatic heterocycles. The molecule has 0 radical (unpaired) electrons. The van der Waals surface area contributed by atoms with Crippen LogP contribution in [0.2, 0.25) is 0 Å². The van der Waals surface area contributed by atoms with Gasteiger partial charge in [-0.05, 0) is 13.0 Å². The van der Waals surface area contributed by atoms with Crippen molar-refractivity contribution in [3.05, 3.63) is 28.1 Å². The van der Waals surface area contributed by atoms with E-state index in [-0.39, 0.29) is 6.61 Å². The van der Waals surface area contributed by atoms with Gasteiger partial charge < -0.3 is 19.2 Å². The van der Waals surface area contributed by atoms with Gasteiger partial charge in [0.2, 0.25) is 0 Å². The minimum absolute atomic E-state index is 0.0829. The molecule has 10 nitrogen and oxygen atoms in total. The molecule has 1 aliphatic rings. The predicted molar refractivity (Wildman–Crippen MR) is 99.0 cm³/mol. The van der Waals surface area contributed by atoms with E-state index in [0.717, 1.165) is 42.9 Å². The fourth-order valence-corrected chi connectivity index (χ4v) is 3.22. The second kappa shape index (κ2) is 8.21. The maximum atomic E-state index is 10.3. The number of aryl methyl sites for hydroxylation is 1. The number of methoxy groups -OCH3 is 2. The Hall–Kier alpha value is -2.88. The summed E-state index contributed by atoms with van der Waals surface area (Å²) in [6.07, 6.45) is 0. The topological polar surface area (TPSA) is 103 Å². The molecule has 0 unspecified atom stereocenters. The molecule has 0 atom stereocenters. The molecule has 0 N–H and O–H groups in total. The highest BCUT2D eigenvalue weighted by Gasteiger charge is 2.21. The van der Waals surface area contributed by atoms with Gasteiger partial charge in [0.25, 0.3) is 5.09 Å². The highest BCUT2D eigenvalue weighted by Crippen LogP contribution is 2.35. The van der Waals surface area contributed by atoms with Crippen molar-refractivity contribution in [2.75, 3.05) is 58.5 Å². The molecule has 0 aliphatic carbocycles. The fourth-order valence-electron chi connectivity index (χ4n) is 3.22. The van der Waals surface area contributed by atoms with Crippen LogP contribution in [-0.2, 0) is 4.84 Å². The van der Waals surface area contributed by atoms with Gasteiger partial charge in [0.05, 0.1) is 19.7 Å². The summed E-state index contributed by atoms with van der Waals surface area (Å²) in [4.78, 5) is 28.2. The Kier molecular flexibility index (Phi) is 5.75. The number of fused-ring (bicyclic) bond motifs is 1. The smallest absolute Gasteiger partial charge is 0.294 e. The molecule has 10 heteroatoms. The SMILES string of the molecule is COc1cc2nc(C)nc(N3CCN(CCO[N+](=O)[O-])CC3)c2cc1OC. The predicted octanol–water partition coefficient (Wildman–Crippen LogP) is 1.29. The first-order valence-electron chi connectivity index (χ1n) is 8.67. The van der Waals surface area contributed by atoms with Gasteiger partial charge in [-0.2, -0.15) is 0 Å². The molecule has 0 bridgehead atoms. The first-order chi connectivity index (χ1) is 13.0. The first kappa shape index (κ1) is 18.9. The van der Waals surface area contributed by atoms with E-state index in [4.69, 9.17) is 9.47 Å². The molecule has 146 valence electrons. The molecule has 27 heavy (non-hydrogen) atoms. The van der Waals surface area contributed by atoms with Gasteiger partial charge in [0.15, 0.2) is 11.5 Å². The third kappa shape index (κ3) is 4.27. The normalized spacial score (nSPS) is 15.0. The van der Waals surface area contributed by atoms with Crippen LogP contribution < -0.4 is 14.4 Å². The van der Waals surface area contributed by atoms with E-state index in [1.54, 1.807) is 14.2 Å². The number of piperazine rings is 1. The van der Waals surface area contributed by atoms with Crippen molar-refractivity contribution in [3.8, 4) is 11.5 Å². The molecule has 1 fully saturated rings. The van der Waals surface area contributed by atoms with Gasteiger partial charge >= 0.3 is 0 Å². The average Bonchev–Trinajstić information content (AvgIpc) is 2.66. The van der Waals surface area contributed by atoms with Gasteiger partial charge in [0, 0.05) is 44.2 Å². The van der Waals surface area contributed by atoms with Crippen molar-refractivity contribution in [2.24, 2.45) is 0 Å². The van der Waals surface area contributed by atoms with Crippen molar-refractivity contribution < 1.29 is 19.4 Å². The number of nitrogens with zero attached hydrogens (tertiary/aromatic N) is 5. The summed E-state index contributed by atoms with van der Waals surface area (Å²) >= 11 is 0. The largest absolute Gasteiger partial charge is 0.493 e. The second-order valence-corrected chi connectivity index (χ2v) is 6.20. The molecular formula is C17H23N5O5. The van der Waals surface area contributed by atoms with Gasteiger partial charge in [0.1, 0.15) is 18.2 Å². The second-order valence-electron chi connectivity index (χ2n) is 6.20. The Balaban J connectivity index is 1.79.